The Labute approximate surface area is 116 Å². The summed E-state index contributed by atoms with van der Waals surface area (Å²) in [5.74, 6) is 0. The van der Waals surface area contributed by atoms with Crippen LogP contribution in [0.1, 0.15) is 38.2 Å². The number of nitriles is 1. The molecule has 0 amide bonds. The predicted molar refractivity (Wildman–Crippen MR) is 79.1 cm³/mol. The molecule has 3 nitrogen and oxygen atoms in total. The van der Waals surface area contributed by atoms with Gasteiger partial charge in [0.25, 0.3) is 0 Å². The molecule has 1 heterocycles. The van der Waals surface area contributed by atoms with E-state index in [2.05, 4.69) is 23.2 Å². The highest BCUT2D eigenvalue weighted by molar-refractivity contribution is 5.57. The normalized spacial score (nSPS) is 20.5. The van der Waals surface area contributed by atoms with Gasteiger partial charge in [-0.15, -0.1) is 0 Å². The molecule has 3 heteroatoms. The molecular weight excluding hydrogens is 234 g/mol. The summed E-state index contributed by atoms with van der Waals surface area (Å²) in [4.78, 5) is 2.55. The minimum Gasteiger partial charge on any atom is -0.381 e. The zero-order valence-corrected chi connectivity index (χ0v) is 11.7. The number of rotatable bonds is 4. The zero-order chi connectivity index (χ0) is 13.5. The Balaban J connectivity index is 1.94. The molecule has 0 radical (unpaired) electrons. The van der Waals surface area contributed by atoms with Gasteiger partial charge in [-0.05, 0) is 50.9 Å². The summed E-state index contributed by atoms with van der Waals surface area (Å²) in [5, 5.41) is 12.7. The van der Waals surface area contributed by atoms with Gasteiger partial charge in [-0.2, -0.15) is 5.26 Å². The Hall–Kier alpha value is -1.53. The summed E-state index contributed by atoms with van der Waals surface area (Å²) in [6.45, 7) is 5.83. The van der Waals surface area contributed by atoms with Crippen LogP contribution in [-0.4, -0.2) is 30.6 Å². The van der Waals surface area contributed by atoms with Crippen LogP contribution in [0.15, 0.2) is 24.3 Å². The summed E-state index contributed by atoms with van der Waals surface area (Å²) >= 11 is 0. The molecule has 19 heavy (non-hydrogen) atoms. The third-order valence-electron chi connectivity index (χ3n) is 3.77. The van der Waals surface area contributed by atoms with Gasteiger partial charge in [-0.25, -0.2) is 0 Å². The van der Waals surface area contributed by atoms with E-state index in [1.807, 2.05) is 24.3 Å². The van der Waals surface area contributed by atoms with E-state index in [4.69, 9.17) is 5.26 Å². The molecule has 1 aromatic carbocycles. The number of anilines is 1. The van der Waals surface area contributed by atoms with Crippen molar-refractivity contribution in [1.82, 2.24) is 4.90 Å². The van der Waals surface area contributed by atoms with Gasteiger partial charge < -0.3 is 10.2 Å². The standard InChI is InChI=1S/C16H23N3/c1-2-10-19-11-5-7-15(9-12-19)18-16-8-4-3-6-14(16)13-17/h3-4,6,8,15,18H,2,5,7,9-12H2,1H3. The molecule has 0 aliphatic carbocycles. The number of para-hydroxylation sites is 1. The molecule has 0 saturated carbocycles. The smallest absolute Gasteiger partial charge is 0.101 e. The second-order valence-electron chi connectivity index (χ2n) is 5.27. The number of benzene rings is 1. The number of hydrogen-bond donors (Lipinski definition) is 1. The molecule has 0 bridgehead atoms. The SMILES string of the molecule is CCCN1CCCC(Nc2ccccc2C#N)CC1. The fraction of sp³-hybridized carbons (Fsp3) is 0.562. The highest BCUT2D eigenvalue weighted by Crippen LogP contribution is 2.20. The van der Waals surface area contributed by atoms with E-state index in [0.29, 0.717) is 6.04 Å². The molecule has 1 atom stereocenters. The second kappa shape index (κ2) is 7.16. The predicted octanol–water partition coefficient (Wildman–Crippen LogP) is 3.23. The highest BCUT2D eigenvalue weighted by Gasteiger charge is 2.16. The van der Waals surface area contributed by atoms with Crippen LogP contribution < -0.4 is 5.32 Å². The van der Waals surface area contributed by atoms with Gasteiger partial charge in [0.1, 0.15) is 6.07 Å². The lowest BCUT2D eigenvalue weighted by molar-refractivity contribution is 0.285. The monoisotopic (exact) mass is 257 g/mol. The first-order chi connectivity index (χ1) is 9.33. The van der Waals surface area contributed by atoms with E-state index in [1.54, 1.807) is 0 Å². The van der Waals surface area contributed by atoms with E-state index >= 15 is 0 Å². The maximum absolute atomic E-state index is 9.12. The van der Waals surface area contributed by atoms with Crippen LogP contribution in [-0.2, 0) is 0 Å². The van der Waals surface area contributed by atoms with E-state index < -0.39 is 0 Å². The van der Waals surface area contributed by atoms with Crippen LogP contribution in [0.3, 0.4) is 0 Å². The van der Waals surface area contributed by atoms with Crippen LogP contribution in [0.4, 0.5) is 5.69 Å². The van der Waals surface area contributed by atoms with Gasteiger partial charge in [-0.1, -0.05) is 19.1 Å². The molecule has 1 aromatic rings. The first-order valence-corrected chi connectivity index (χ1v) is 7.31. The molecule has 1 unspecified atom stereocenters. The van der Waals surface area contributed by atoms with E-state index in [-0.39, 0.29) is 0 Å². The fourth-order valence-electron chi connectivity index (χ4n) is 2.77. The minimum absolute atomic E-state index is 0.497. The van der Waals surface area contributed by atoms with Crippen molar-refractivity contribution in [2.24, 2.45) is 0 Å². The summed E-state index contributed by atoms with van der Waals surface area (Å²) < 4.78 is 0. The highest BCUT2D eigenvalue weighted by atomic mass is 15.1. The summed E-state index contributed by atoms with van der Waals surface area (Å²) in [5.41, 5.74) is 1.73. The molecule has 102 valence electrons. The lowest BCUT2D eigenvalue weighted by atomic mass is 10.1. The van der Waals surface area contributed by atoms with Gasteiger partial charge >= 0.3 is 0 Å². The first kappa shape index (κ1) is 13.9. The van der Waals surface area contributed by atoms with Crippen molar-refractivity contribution in [1.29, 1.82) is 5.26 Å². The topological polar surface area (TPSA) is 39.1 Å². The molecule has 0 aromatic heterocycles. The third kappa shape index (κ3) is 3.97. The third-order valence-corrected chi connectivity index (χ3v) is 3.77. The summed E-state index contributed by atoms with van der Waals surface area (Å²) in [6.07, 6.45) is 4.83. The minimum atomic E-state index is 0.497. The summed E-state index contributed by atoms with van der Waals surface area (Å²) in [7, 11) is 0. The molecule has 1 fully saturated rings. The molecule has 1 aliphatic rings. The Morgan fingerprint density at radius 1 is 1.32 bits per heavy atom. The van der Waals surface area contributed by atoms with E-state index in [9.17, 15) is 0 Å². The zero-order valence-electron chi connectivity index (χ0n) is 11.7. The average Bonchev–Trinajstić information content (AvgIpc) is 2.66. The van der Waals surface area contributed by atoms with Crippen molar-refractivity contribution in [2.45, 2.75) is 38.6 Å². The lowest BCUT2D eigenvalue weighted by Crippen LogP contribution is -2.27. The lowest BCUT2D eigenvalue weighted by Gasteiger charge is -2.20. The summed E-state index contributed by atoms with van der Waals surface area (Å²) in [6, 6.07) is 10.5. The first-order valence-electron chi connectivity index (χ1n) is 7.31. The van der Waals surface area contributed by atoms with Crippen LogP contribution in [0.5, 0.6) is 0 Å². The van der Waals surface area contributed by atoms with Crippen LogP contribution >= 0.6 is 0 Å². The second-order valence-corrected chi connectivity index (χ2v) is 5.27. The van der Waals surface area contributed by atoms with Gasteiger partial charge in [0.05, 0.1) is 11.3 Å². The number of likely N-dealkylation sites (tertiary alicyclic amines) is 1. The van der Waals surface area contributed by atoms with E-state index in [0.717, 1.165) is 11.3 Å². The number of nitrogens with one attached hydrogen (secondary N) is 1. The fourth-order valence-corrected chi connectivity index (χ4v) is 2.77. The Kier molecular flexibility index (Phi) is 5.23. The largest absolute Gasteiger partial charge is 0.381 e. The van der Waals surface area contributed by atoms with Gasteiger partial charge in [0, 0.05) is 12.6 Å². The van der Waals surface area contributed by atoms with Crippen molar-refractivity contribution in [3.8, 4) is 6.07 Å². The quantitative estimate of drug-likeness (QED) is 0.900. The average molecular weight is 257 g/mol. The number of nitrogens with zero attached hydrogens (tertiary/aromatic N) is 2. The van der Waals surface area contributed by atoms with Gasteiger partial charge in [0.15, 0.2) is 0 Å². The van der Waals surface area contributed by atoms with Gasteiger partial charge in [-0.3, -0.25) is 0 Å². The maximum atomic E-state index is 9.12. The molecular formula is C16H23N3. The molecule has 1 N–H and O–H groups in total. The van der Waals surface area contributed by atoms with Crippen molar-refractivity contribution in [3.05, 3.63) is 29.8 Å². The van der Waals surface area contributed by atoms with Crippen molar-refractivity contribution < 1.29 is 0 Å². The van der Waals surface area contributed by atoms with Crippen molar-refractivity contribution in [3.63, 3.8) is 0 Å². The molecule has 1 aliphatic heterocycles. The number of hydrogen-bond acceptors (Lipinski definition) is 3. The van der Waals surface area contributed by atoms with E-state index in [1.165, 1.54) is 45.3 Å². The van der Waals surface area contributed by atoms with Crippen LogP contribution in [0, 0.1) is 11.3 Å². The maximum Gasteiger partial charge on any atom is 0.101 e. The van der Waals surface area contributed by atoms with Crippen molar-refractivity contribution in [2.75, 3.05) is 25.0 Å². The van der Waals surface area contributed by atoms with Crippen LogP contribution in [0.2, 0.25) is 0 Å². The molecule has 2 rings (SSSR count). The Morgan fingerprint density at radius 2 is 2.16 bits per heavy atom. The van der Waals surface area contributed by atoms with Crippen LogP contribution in [0.25, 0.3) is 0 Å². The molecule has 0 spiro atoms. The Bertz CT molecular complexity index is 436. The van der Waals surface area contributed by atoms with Gasteiger partial charge in [0.2, 0.25) is 0 Å². The van der Waals surface area contributed by atoms with Crippen molar-refractivity contribution >= 4 is 5.69 Å². The Morgan fingerprint density at radius 3 is 2.95 bits per heavy atom. The molecule has 1 saturated heterocycles.